The third-order valence-electron chi connectivity index (χ3n) is 3.31. The molecule has 0 aromatic heterocycles. The first-order chi connectivity index (χ1) is 7.15. The van der Waals surface area contributed by atoms with E-state index >= 15 is 0 Å². The number of amides is 1. The van der Waals surface area contributed by atoms with Crippen molar-refractivity contribution in [2.75, 3.05) is 6.61 Å². The van der Waals surface area contributed by atoms with Gasteiger partial charge in [-0.2, -0.15) is 0 Å². The Balaban J connectivity index is 2.38. The molecule has 88 valence electrons. The number of hydrogen-bond donors (Lipinski definition) is 2. The normalized spacial score (nSPS) is 20.3. The number of rotatable bonds is 4. The summed E-state index contributed by atoms with van der Waals surface area (Å²) in [6.45, 7) is 4.07. The maximum Gasteiger partial charge on any atom is 0.223 e. The number of carbonyl (C=O) groups is 1. The van der Waals surface area contributed by atoms with Gasteiger partial charge in [0.1, 0.15) is 0 Å². The third-order valence-corrected chi connectivity index (χ3v) is 3.31. The molecule has 0 spiro atoms. The Hall–Kier alpha value is -0.570. The molecule has 0 saturated heterocycles. The van der Waals surface area contributed by atoms with Crippen molar-refractivity contribution >= 4 is 5.91 Å². The minimum atomic E-state index is -0.0839. The molecule has 0 radical (unpaired) electrons. The first-order valence-electron chi connectivity index (χ1n) is 6.06. The van der Waals surface area contributed by atoms with Crippen molar-refractivity contribution in [2.45, 2.75) is 52.0 Å². The molecule has 0 aromatic rings. The van der Waals surface area contributed by atoms with Crippen LogP contribution in [-0.4, -0.2) is 23.7 Å². The van der Waals surface area contributed by atoms with Crippen LogP contribution >= 0.6 is 0 Å². The van der Waals surface area contributed by atoms with E-state index in [1.807, 2.05) is 13.8 Å². The van der Waals surface area contributed by atoms with Gasteiger partial charge in [-0.1, -0.05) is 33.1 Å². The molecule has 1 amide bonds. The highest BCUT2D eigenvalue weighted by molar-refractivity contribution is 5.79. The summed E-state index contributed by atoms with van der Waals surface area (Å²) in [6.07, 6.45) is 5.63. The van der Waals surface area contributed by atoms with Crippen LogP contribution in [0.1, 0.15) is 46.0 Å². The molecular weight excluding hydrogens is 190 g/mol. The van der Waals surface area contributed by atoms with Crippen LogP contribution in [0.3, 0.4) is 0 Å². The molecule has 1 fully saturated rings. The Kier molecular flexibility index (Phi) is 5.09. The van der Waals surface area contributed by atoms with Crippen LogP contribution in [0.4, 0.5) is 0 Å². The van der Waals surface area contributed by atoms with Crippen molar-refractivity contribution in [1.82, 2.24) is 5.32 Å². The van der Waals surface area contributed by atoms with Gasteiger partial charge in [0.05, 0.1) is 12.6 Å². The molecule has 1 atom stereocenters. The lowest BCUT2D eigenvalue weighted by molar-refractivity contribution is -0.127. The molecule has 1 aliphatic rings. The Labute approximate surface area is 92.3 Å². The second kappa shape index (κ2) is 6.11. The highest BCUT2D eigenvalue weighted by Gasteiger charge is 2.23. The Bertz CT molecular complexity index is 198. The number of carbonyl (C=O) groups excluding carboxylic acids is 1. The maximum atomic E-state index is 11.8. The van der Waals surface area contributed by atoms with E-state index in [0.717, 1.165) is 12.8 Å². The van der Waals surface area contributed by atoms with E-state index < -0.39 is 0 Å². The van der Waals surface area contributed by atoms with E-state index in [1.165, 1.54) is 19.3 Å². The van der Waals surface area contributed by atoms with Crippen molar-refractivity contribution in [2.24, 2.45) is 11.8 Å². The smallest absolute Gasteiger partial charge is 0.223 e. The number of aliphatic hydroxyl groups is 1. The Morgan fingerprint density at radius 3 is 2.40 bits per heavy atom. The monoisotopic (exact) mass is 213 g/mol. The maximum absolute atomic E-state index is 11.8. The minimum absolute atomic E-state index is 0.0378. The molecule has 0 heterocycles. The zero-order valence-corrected chi connectivity index (χ0v) is 9.83. The highest BCUT2D eigenvalue weighted by atomic mass is 16.3. The summed E-state index contributed by atoms with van der Waals surface area (Å²) in [7, 11) is 0. The standard InChI is InChI=1S/C12H23NO2/c1-9(2)11(8-14)13-12(15)10-6-4-3-5-7-10/h9-11,14H,3-8H2,1-2H3,(H,13,15)/t11-/m0/s1. The fourth-order valence-corrected chi connectivity index (χ4v) is 2.09. The van der Waals surface area contributed by atoms with Crippen LogP contribution in [0.5, 0.6) is 0 Å². The van der Waals surface area contributed by atoms with Gasteiger partial charge in [-0.25, -0.2) is 0 Å². The van der Waals surface area contributed by atoms with Crippen LogP contribution in [0.25, 0.3) is 0 Å². The summed E-state index contributed by atoms with van der Waals surface area (Å²) in [5.74, 6) is 0.622. The Morgan fingerprint density at radius 2 is 1.93 bits per heavy atom. The van der Waals surface area contributed by atoms with E-state index in [-0.39, 0.29) is 24.5 Å². The molecule has 3 heteroatoms. The first kappa shape index (κ1) is 12.5. The lowest BCUT2D eigenvalue weighted by Gasteiger charge is -2.25. The van der Waals surface area contributed by atoms with Crippen LogP contribution < -0.4 is 5.32 Å². The topological polar surface area (TPSA) is 49.3 Å². The van der Waals surface area contributed by atoms with Crippen molar-refractivity contribution in [1.29, 1.82) is 0 Å². The Morgan fingerprint density at radius 1 is 1.33 bits per heavy atom. The molecule has 0 unspecified atom stereocenters. The third kappa shape index (κ3) is 3.82. The lowest BCUT2D eigenvalue weighted by atomic mass is 9.88. The van der Waals surface area contributed by atoms with Gasteiger partial charge in [-0.15, -0.1) is 0 Å². The highest BCUT2D eigenvalue weighted by Crippen LogP contribution is 2.23. The van der Waals surface area contributed by atoms with Crippen LogP contribution in [0.2, 0.25) is 0 Å². The second-order valence-electron chi connectivity index (χ2n) is 4.88. The molecule has 0 aromatic carbocycles. The van der Waals surface area contributed by atoms with E-state index in [4.69, 9.17) is 5.11 Å². The summed E-state index contributed by atoms with van der Waals surface area (Å²) < 4.78 is 0. The quantitative estimate of drug-likeness (QED) is 0.746. The van der Waals surface area contributed by atoms with Gasteiger partial charge in [-0.3, -0.25) is 4.79 Å². The van der Waals surface area contributed by atoms with E-state index in [1.54, 1.807) is 0 Å². The molecule has 1 aliphatic carbocycles. The van der Waals surface area contributed by atoms with Gasteiger partial charge < -0.3 is 10.4 Å². The molecular formula is C12H23NO2. The molecule has 0 bridgehead atoms. The fraction of sp³-hybridized carbons (Fsp3) is 0.917. The molecule has 3 nitrogen and oxygen atoms in total. The summed E-state index contributed by atoms with van der Waals surface area (Å²) in [4.78, 5) is 11.8. The zero-order chi connectivity index (χ0) is 11.3. The summed E-state index contributed by atoms with van der Waals surface area (Å²) in [6, 6.07) is -0.0839. The van der Waals surface area contributed by atoms with E-state index in [0.29, 0.717) is 5.92 Å². The average molecular weight is 213 g/mol. The van der Waals surface area contributed by atoms with Gasteiger partial charge in [0.2, 0.25) is 5.91 Å². The number of nitrogens with one attached hydrogen (secondary N) is 1. The van der Waals surface area contributed by atoms with Gasteiger partial charge in [0.25, 0.3) is 0 Å². The van der Waals surface area contributed by atoms with Crippen molar-refractivity contribution in [3.05, 3.63) is 0 Å². The minimum Gasteiger partial charge on any atom is -0.394 e. The summed E-state index contributed by atoms with van der Waals surface area (Å²) in [5.41, 5.74) is 0. The predicted octanol–water partition coefficient (Wildman–Crippen LogP) is 1.70. The predicted molar refractivity (Wildman–Crippen MR) is 60.4 cm³/mol. The SMILES string of the molecule is CC(C)[C@H](CO)NC(=O)C1CCCCC1. The van der Waals surface area contributed by atoms with Crippen LogP contribution in [0, 0.1) is 11.8 Å². The first-order valence-corrected chi connectivity index (χ1v) is 6.06. The second-order valence-corrected chi connectivity index (χ2v) is 4.88. The average Bonchev–Trinajstić information content (AvgIpc) is 2.26. The van der Waals surface area contributed by atoms with Gasteiger partial charge in [0.15, 0.2) is 0 Å². The van der Waals surface area contributed by atoms with E-state index in [2.05, 4.69) is 5.32 Å². The van der Waals surface area contributed by atoms with Crippen molar-refractivity contribution in [3.8, 4) is 0 Å². The van der Waals surface area contributed by atoms with Gasteiger partial charge in [-0.05, 0) is 18.8 Å². The summed E-state index contributed by atoms with van der Waals surface area (Å²) in [5, 5.41) is 12.1. The van der Waals surface area contributed by atoms with Gasteiger partial charge >= 0.3 is 0 Å². The molecule has 2 N–H and O–H groups in total. The van der Waals surface area contributed by atoms with E-state index in [9.17, 15) is 4.79 Å². The molecule has 1 rings (SSSR count). The molecule has 15 heavy (non-hydrogen) atoms. The largest absolute Gasteiger partial charge is 0.394 e. The van der Waals surface area contributed by atoms with Crippen LogP contribution in [0.15, 0.2) is 0 Å². The molecule has 1 saturated carbocycles. The lowest BCUT2D eigenvalue weighted by Crippen LogP contribution is -2.44. The summed E-state index contributed by atoms with van der Waals surface area (Å²) >= 11 is 0. The fourth-order valence-electron chi connectivity index (χ4n) is 2.09. The molecule has 0 aliphatic heterocycles. The van der Waals surface area contributed by atoms with Crippen LogP contribution in [-0.2, 0) is 4.79 Å². The number of hydrogen-bond acceptors (Lipinski definition) is 2. The van der Waals surface area contributed by atoms with Gasteiger partial charge in [0, 0.05) is 5.92 Å². The zero-order valence-electron chi connectivity index (χ0n) is 9.83. The van der Waals surface area contributed by atoms with Crippen molar-refractivity contribution in [3.63, 3.8) is 0 Å². The van der Waals surface area contributed by atoms with Crippen molar-refractivity contribution < 1.29 is 9.90 Å². The number of aliphatic hydroxyl groups excluding tert-OH is 1.